The third kappa shape index (κ3) is 5.36. The van der Waals surface area contributed by atoms with E-state index in [9.17, 15) is 23.2 Å². The van der Waals surface area contributed by atoms with Crippen LogP contribution in [0.15, 0.2) is 42.7 Å². The van der Waals surface area contributed by atoms with Gasteiger partial charge in [-0.3, -0.25) is 9.69 Å². The number of anilines is 1. The fourth-order valence-electron chi connectivity index (χ4n) is 7.37. The van der Waals surface area contributed by atoms with E-state index >= 15 is 0 Å². The van der Waals surface area contributed by atoms with Gasteiger partial charge in [0.15, 0.2) is 0 Å². The topological polar surface area (TPSA) is 90.1 Å². The summed E-state index contributed by atoms with van der Waals surface area (Å²) in [6.07, 6.45) is -1.13. The first-order chi connectivity index (χ1) is 21.1. The molecule has 8 nitrogen and oxygen atoms in total. The highest BCUT2D eigenvalue weighted by Gasteiger charge is 2.45. The number of piperidine rings is 1. The van der Waals surface area contributed by atoms with Crippen molar-refractivity contribution in [3.05, 3.63) is 65.1 Å². The Morgan fingerprint density at radius 1 is 1.09 bits per heavy atom. The van der Waals surface area contributed by atoms with Crippen LogP contribution >= 0.6 is 0 Å². The van der Waals surface area contributed by atoms with Crippen molar-refractivity contribution in [3.63, 3.8) is 0 Å². The maximum Gasteiger partial charge on any atom is 0.393 e. The van der Waals surface area contributed by atoms with E-state index < -0.39 is 12.6 Å². The molecule has 1 N–H and O–H groups in total. The minimum absolute atomic E-state index is 0.0716. The number of fused-ring (bicyclic) bond motifs is 2. The molecule has 2 aromatic heterocycles. The summed E-state index contributed by atoms with van der Waals surface area (Å²) < 4.78 is 41.1. The maximum absolute atomic E-state index is 13.0. The molecule has 3 aliphatic heterocycles. The first-order valence-corrected chi connectivity index (χ1v) is 15.2. The number of benzene rings is 2. The van der Waals surface area contributed by atoms with Gasteiger partial charge in [-0.05, 0) is 73.8 Å². The molecule has 3 aliphatic rings. The Balaban J connectivity index is 1.01. The Labute approximate surface area is 253 Å². The molecule has 0 bridgehead atoms. The zero-order valence-corrected chi connectivity index (χ0v) is 24.6. The van der Waals surface area contributed by atoms with Crippen molar-refractivity contribution >= 4 is 33.5 Å². The lowest BCUT2D eigenvalue weighted by Gasteiger charge is -2.54. The van der Waals surface area contributed by atoms with Crippen molar-refractivity contribution in [1.82, 2.24) is 24.8 Å². The zero-order valence-electron chi connectivity index (χ0n) is 24.6. The highest BCUT2D eigenvalue weighted by Crippen LogP contribution is 2.44. The average Bonchev–Trinajstić information content (AvgIpc) is 3.55. The van der Waals surface area contributed by atoms with Gasteiger partial charge in [0.2, 0.25) is 5.91 Å². The fourth-order valence-corrected chi connectivity index (χ4v) is 7.37. The molecule has 1 amide bonds. The quantitative estimate of drug-likeness (QED) is 0.331. The van der Waals surface area contributed by atoms with Gasteiger partial charge in [0.05, 0.1) is 11.9 Å². The second-order valence-corrected chi connectivity index (χ2v) is 12.9. The number of rotatable bonds is 6. The first kappa shape index (κ1) is 28.6. The van der Waals surface area contributed by atoms with Crippen LogP contribution in [0, 0.1) is 29.6 Å². The van der Waals surface area contributed by atoms with Gasteiger partial charge < -0.3 is 14.8 Å². The molecule has 4 aromatic rings. The SMILES string of the molecule is Cc1c(CN2CCC3(CC2)CN(c2ncnc4ccc(CC(F)(F)F)cc24)C3)ccc2c1cc(C#N)n2CC1CNC(=O)C1. The number of nitrogens with zero attached hydrogens (tertiary/aromatic N) is 6. The van der Waals surface area contributed by atoms with Crippen LogP contribution in [-0.4, -0.2) is 64.2 Å². The van der Waals surface area contributed by atoms with E-state index in [0.29, 0.717) is 36.1 Å². The van der Waals surface area contributed by atoms with Gasteiger partial charge in [0.25, 0.3) is 0 Å². The number of likely N-dealkylation sites (tertiary alicyclic amines) is 1. The summed E-state index contributed by atoms with van der Waals surface area (Å²) in [6, 6.07) is 13.4. The maximum atomic E-state index is 13.0. The second-order valence-electron chi connectivity index (χ2n) is 12.9. The van der Waals surface area contributed by atoms with Gasteiger partial charge in [-0.25, -0.2) is 9.97 Å². The number of aryl methyl sites for hydroxylation is 1. The summed E-state index contributed by atoms with van der Waals surface area (Å²) in [5.41, 5.74) is 5.18. The van der Waals surface area contributed by atoms with E-state index in [2.05, 4.69) is 54.8 Å². The monoisotopic (exact) mass is 601 g/mol. The molecule has 228 valence electrons. The van der Waals surface area contributed by atoms with Crippen molar-refractivity contribution < 1.29 is 18.0 Å². The molecule has 2 aromatic carbocycles. The van der Waals surface area contributed by atoms with Gasteiger partial charge in [0, 0.05) is 66.8 Å². The summed E-state index contributed by atoms with van der Waals surface area (Å²) >= 11 is 0. The predicted octanol–water partition coefficient (Wildman–Crippen LogP) is 5.11. The van der Waals surface area contributed by atoms with Crippen molar-refractivity contribution in [2.24, 2.45) is 11.3 Å². The smallest absolute Gasteiger partial charge is 0.356 e. The normalized spacial score (nSPS) is 20.3. The van der Waals surface area contributed by atoms with Crippen LogP contribution < -0.4 is 10.2 Å². The van der Waals surface area contributed by atoms with E-state index in [1.807, 2.05) is 6.07 Å². The Morgan fingerprint density at radius 3 is 2.59 bits per heavy atom. The molecule has 1 atom stereocenters. The lowest BCUT2D eigenvalue weighted by Crippen LogP contribution is -2.60. The number of hydrogen-bond donors (Lipinski definition) is 1. The van der Waals surface area contributed by atoms with Crippen molar-refractivity contribution in [1.29, 1.82) is 5.26 Å². The molecule has 0 saturated carbocycles. The highest BCUT2D eigenvalue weighted by atomic mass is 19.4. The molecule has 11 heteroatoms. The molecule has 3 saturated heterocycles. The van der Waals surface area contributed by atoms with Gasteiger partial charge in [0.1, 0.15) is 23.9 Å². The number of nitrogens with one attached hydrogen (secondary N) is 1. The van der Waals surface area contributed by atoms with Gasteiger partial charge in [-0.1, -0.05) is 12.1 Å². The molecule has 3 fully saturated rings. The van der Waals surface area contributed by atoms with E-state index in [0.717, 1.165) is 62.3 Å². The van der Waals surface area contributed by atoms with Crippen LogP contribution in [0.3, 0.4) is 0 Å². The predicted molar refractivity (Wildman–Crippen MR) is 161 cm³/mol. The third-order valence-corrected chi connectivity index (χ3v) is 9.83. The summed E-state index contributed by atoms with van der Waals surface area (Å²) in [6.45, 7) is 7.89. The van der Waals surface area contributed by atoms with Crippen LogP contribution in [0.25, 0.3) is 21.8 Å². The minimum atomic E-state index is -4.26. The van der Waals surface area contributed by atoms with Crippen LogP contribution in [-0.2, 0) is 24.3 Å². The first-order valence-electron chi connectivity index (χ1n) is 15.2. The number of aromatic nitrogens is 3. The molecular formula is C33H34F3N7O. The number of alkyl halides is 3. The molecule has 0 aliphatic carbocycles. The van der Waals surface area contributed by atoms with Crippen LogP contribution in [0.5, 0.6) is 0 Å². The van der Waals surface area contributed by atoms with Gasteiger partial charge in [-0.15, -0.1) is 0 Å². The largest absolute Gasteiger partial charge is 0.393 e. The summed E-state index contributed by atoms with van der Waals surface area (Å²) in [5.74, 6) is 0.978. The Kier molecular flexibility index (Phi) is 7.00. The summed E-state index contributed by atoms with van der Waals surface area (Å²) in [7, 11) is 0. The Morgan fingerprint density at radius 2 is 1.89 bits per heavy atom. The van der Waals surface area contributed by atoms with Gasteiger partial charge >= 0.3 is 6.18 Å². The summed E-state index contributed by atoms with van der Waals surface area (Å²) in [4.78, 5) is 25.1. The van der Waals surface area contributed by atoms with Crippen LogP contribution in [0.1, 0.15) is 41.6 Å². The number of hydrogen-bond acceptors (Lipinski definition) is 6. The lowest BCUT2D eigenvalue weighted by molar-refractivity contribution is -0.127. The Hall–Kier alpha value is -4.17. The lowest BCUT2D eigenvalue weighted by atomic mass is 9.72. The minimum Gasteiger partial charge on any atom is -0.356 e. The fraction of sp³-hybridized carbons (Fsp3) is 0.455. The van der Waals surface area contributed by atoms with Crippen molar-refractivity contribution in [2.75, 3.05) is 37.6 Å². The number of halogens is 3. The zero-order chi connectivity index (χ0) is 30.6. The molecule has 7 rings (SSSR count). The van der Waals surface area contributed by atoms with Crippen LogP contribution in [0.2, 0.25) is 0 Å². The summed E-state index contributed by atoms with van der Waals surface area (Å²) in [5, 5.41) is 14.5. The number of carbonyl (C=O) groups excluding carboxylic acids is 1. The van der Waals surface area contributed by atoms with Crippen molar-refractivity contribution in [2.45, 2.75) is 51.9 Å². The van der Waals surface area contributed by atoms with E-state index in [4.69, 9.17) is 0 Å². The van der Waals surface area contributed by atoms with E-state index in [1.165, 1.54) is 23.5 Å². The number of amides is 1. The van der Waals surface area contributed by atoms with E-state index in [-0.39, 0.29) is 22.8 Å². The van der Waals surface area contributed by atoms with Crippen LogP contribution in [0.4, 0.5) is 19.0 Å². The van der Waals surface area contributed by atoms with Gasteiger partial charge in [-0.2, -0.15) is 18.4 Å². The molecular weight excluding hydrogens is 567 g/mol. The molecule has 1 unspecified atom stereocenters. The molecule has 44 heavy (non-hydrogen) atoms. The standard InChI is InChI=1S/C33H34F3N7O/c1-21-24(3-5-29-26(21)12-25(14-37)43(29)16-23-11-30(44)38-15-23)17-41-8-6-32(7-9-41)18-42(19-32)31-27-10-22(13-33(34,35)36)2-4-28(27)39-20-40-31/h2-5,10,12,20,23H,6-9,11,13,15-19H2,1H3,(H,38,44). The van der Waals surface area contributed by atoms with E-state index in [1.54, 1.807) is 12.1 Å². The second kappa shape index (κ2) is 10.8. The third-order valence-electron chi connectivity index (χ3n) is 9.83. The molecule has 0 radical (unpaired) electrons. The van der Waals surface area contributed by atoms with Crippen molar-refractivity contribution in [3.8, 4) is 6.07 Å². The number of carbonyl (C=O) groups is 1. The molecule has 1 spiro atoms. The number of nitriles is 1. The Bertz CT molecular complexity index is 1790. The average molecular weight is 602 g/mol. The highest BCUT2D eigenvalue weighted by molar-refractivity contribution is 5.90. The molecule has 5 heterocycles.